The van der Waals surface area contributed by atoms with Crippen LogP contribution >= 0.6 is 86.4 Å². The zero-order valence-electron chi connectivity index (χ0n) is 24.7. The summed E-state index contributed by atoms with van der Waals surface area (Å²) < 4.78 is 5.36. The summed E-state index contributed by atoms with van der Waals surface area (Å²) in [5, 5.41) is 9.84. The Balaban J connectivity index is -0.0000000708. The van der Waals surface area contributed by atoms with Gasteiger partial charge in [-0.15, -0.1) is 37.2 Å². The molecule has 10 heteroatoms. The van der Waals surface area contributed by atoms with Crippen molar-refractivity contribution in [2.75, 3.05) is 0 Å². The summed E-state index contributed by atoms with van der Waals surface area (Å²) in [4.78, 5) is 0. The Bertz CT molecular complexity index is 948. The Hall–Kier alpha value is 0.640. The van der Waals surface area contributed by atoms with Crippen LogP contribution < -0.4 is 4.52 Å². The van der Waals surface area contributed by atoms with Gasteiger partial charge in [-0.25, -0.2) is 0 Å². The number of benzene rings is 2. The maximum Gasteiger partial charge on any atom is 0.179 e. The van der Waals surface area contributed by atoms with Crippen LogP contribution in [0.2, 0.25) is 0 Å². The van der Waals surface area contributed by atoms with Crippen molar-refractivity contribution >= 4 is 86.4 Å². The lowest BCUT2D eigenvalue weighted by Gasteiger charge is -2.26. The molecule has 41 heavy (non-hydrogen) atoms. The fourth-order valence-corrected chi connectivity index (χ4v) is 3.49. The van der Waals surface area contributed by atoms with Crippen molar-refractivity contribution < 1.29 is 11.1 Å². The first kappa shape index (κ1) is 57.3. The number of aromatic hydroxyl groups is 1. The van der Waals surface area contributed by atoms with Crippen LogP contribution in [-0.2, 0) is 21.7 Å². The average molecular weight is 743 g/mol. The first-order valence-electron chi connectivity index (χ1n) is 11.6. The molecule has 0 radical (unpaired) electrons. The van der Waals surface area contributed by atoms with Crippen LogP contribution in [0.1, 0.15) is 129 Å². The van der Waals surface area contributed by atoms with Gasteiger partial charge in [0.2, 0.25) is 0 Å². The Kier molecular flexibility index (Phi) is 32.2. The molecule has 250 valence electrons. The minimum absolute atomic E-state index is 0. The van der Waals surface area contributed by atoms with Gasteiger partial charge < -0.3 is 9.63 Å². The highest BCUT2D eigenvalue weighted by Gasteiger charge is 2.23. The number of halogens is 6. The third kappa shape index (κ3) is 21.9. The molecule has 2 nitrogen and oxygen atoms in total. The smallest absolute Gasteiger partial charge is 0.179 e. The second kappa shape index (κ2) is 23.0. The summed E-state index contributed by atoms with van der Waals surface area (Å²) in [7, 11) is 2.33. The van der Waals surface area contributed by atoms with Crippen molar-refractivity contribution in [3.8, 4) is 11.5 Å². The lowest BCUT2D eigenvalue weighted by atomic mass is 9.80. The minimum atomic E-state index is -1.20. The van der Waals surface area contributed by atoms with E-state index in [4.69, 9.17) is 38.2 Å². The molecule has 0 saturated heterocycles. The summed E-state index contributed by atoms with van der Waals surface area (Å²) >= 11 is 14.6. The SMILES string of the molecule is C.C.C.CC(C)(C)c1ccc(O)c(C(C)(C)C)c1.CC(C)(C)c1ccc(OP)c(C(C)(C)C)c1.Cl.Cl.Cl.ClP(Cl)Cl.[2HH]. The number of phenols is 1. The predicted molar refractivity (Wildman–Crippen MR) is 208 cm³/mol. The van der Waals surface area contributed by atoms with Crippen LogP contribution in [0.15, 0.2) is 36.4 Å². The van der Waals surface area contributed by atoms with Crippen LogP contribution in [0.4, 0.5) is 0 Å². The van der Waals surface area contributed by atoms with Gasteiger partial charge >= 0.3 is 0 Å². The fraction of sp³-hybridized carbons (Fsp3) is 0.613. The van der Waals surface area contributed by atoms with E-state index in [0.717, 1.165) is 11.3 Å². The highest BCUT2D eigenvalue weighted by molar-refractivity contribution is 8.20. The third-order valence-corrected chi connectivity index (χ3v) is 5.71. The summed E-state index contributed by atoms with van der Waals surface area (Å²) in [6.07, 6.45) is 0. The Labute approximate surface area is 293 Å². The highest BCUT2D eigenvalue weighted by Crippen LogP contribution is 2.51. The molecule has 2 aromatic rings. The molecule has 0 spiro atoms. The summed E-state index contributed by atoms with van der Waals surface area (Å²) in [6.45, 7) is 26.2. The molecule has 0 aliphatic rings. The second-order valence-electron chi connectivity index (χ2n) is 12.8. The molecule has 1 unspecified atom stereocenters. The normalized spacial score (nSPS) is 10.6. The van der Waals surface area contributed by atoms with E-state index in [0.29, 0.717) is 5.75 Å². The quantitative estimate of drug-likeness (QED) is 0.295. The molecule has 0 heterocycles. The third-order valence-electron chi connectivity index (χ3n) is 5.45. The summed E-state index contributed by atoms with van der Waals surface area (Å²) in [5.41, 5.74) is 5.31. The van der Waals surface area contributed by atoms with Gasteiger partial charge in [0, 0.05) is 6.99 Å². The number of phenolic OH excluding ortho intramolecular Hbond substituents is 1. The van der Waals surface area contributed by atoms with Gasteiger partial charge in [-0.3, -0.25) is 0 Å². The van der Waals surface area contributed by atoms with Crippen LogP contribution in [-0.4, -0.2) is 5.11 Å². The maximum atomic E-state index is 9.84. The lowest BCUT2D eigenvalue weighted by Crippen LogP contribution is -2.16. The second-order valence-corrected chi connectivity index (χ2v) is 18.0. The Morgan fingerprint density at radius 1 is 0.610 bits per heavy atom. The van der Waals surface area contributed by atoms with E-state index < -0.39 is 5.98 Å². The number of rotatable bonds is 1. The van der Waals surface area contributed by atoms with Gasteiger partial charge in [-0.05, 0) is 50.5 Å². The van der Waals surface area contributed by atoms with Crippen LogP contribution in [0, 0.1) is 0 Å². The van der Waals surface area contributed by atoms with E-state index in [1.54, 1.807) is 6.07 Å². The highest BCUT2D eigenvalue weighted by atomic mass is 36.0. The molecular weight excluding hydrogens is 679 g/mol. The zero-order chi connectivity index (χ0) is 28.0. The van der Waals surface area contributed by atoms with Crippen molar-refractivity contribution in [2.24, 2.45) is 0 Å². The van der Waals surface area contributed by atoms with E-state index in [1.165, 1.54) is 16.7 Å². The summed E-state index contributed by atoms with van der Waals surface area (Å²) in [6, 6.07) is 12.4. The first-order valence-corrected chi connectivity index (χ1v) is 16.2. The van der Waals surface area contributed by atoms with E-state index in [2.05, 4.69) is 117 Å². The molecule has 1 N–H and O–H groups in total. The predicted octanol–water partition coefficient (Wildman–Crippen LogP) is 14.8. The summed E-state index contributed by atoms with van der Waals surface area (Å²) in [5.74, 6) is 0.144. The van der Waals surface area contributed by atoms with Gasteiger partial charge in [0.25, 0.3) is 0 Å². The van der Waals surface area contributed by atoms with Crippen LogP contribution in [0.25, 0.3) is 0 Å². The standard InChI is InChI=1S/C14H23OP.C14H22O.3CH4.Cl3P.3ClH.H2/c1-13(2,3)10-7-8-12(15-16)11(9-10)14(4,5)6;1-13(2,3)10-7-8-12(15)11(9-10)14(4,5)6;;;;1-4(2)3;;;;/h7-9H,16H2,1-6H3;7-9,15H,1-6H3;3*1H4;;4*1H/i;;;;;;;;;1+1. The fourth-order valence-electron chi connectivity index (χ4n) is 3.29. The van der Waals surface area contributed by atoms with Crippen LogP contribution in [0.3, 0.4) is 0 Å². The van der Waals surface area contributed by atoms with Crippen molar-refractivity contribution in [2.45, 2.75) is 127 Å². The van der Waals surface area contributed by atoms with Gasteiger partial charge in [-0.1, -0.05) is 163 Å². The molecule has 0 aromatic heterocycles. The van der Waals surface area contributed by atoms with Crippen LogP contribution in [0.5, 0.6) is 11.5 Å². The largest absolute Gasteiger partial charge is 0.508 e. The molecule has 1 atom stereocenters. The van der Waals surface area contributed by atoms with E-state index >= 15 is 0 Å². The Morgan fingerprint density at radius 3 is 1.17 bits per heavy atom. The minimum Gasteiger partial charge on any atom is -0.508 e. The van der Waals surface area contributed by atoms with E-state index in [-0.39, 0.29) is 82.6 Å². The molecule has 0 fully saturated rings. The molecular formula is C31H62Cl6O2P2. The monoisotopic (exact) mass is 739 g/mol. The molecule has 2 rings (SSSR count). The maximum absolute atomic E-state index is 9.84. The van der Waals surface area contributed by atoms with E-state index in [1.807, 2.05) is 6.07 Å². The van der Waals surface area contributed by atoms with E-state index in [9.17, 15) is 5.11 Å². The molecule has 0 amide bonds. The molecule has 0 aliphatic carbocycles. The molecule has 0 bridgehead atoms. The molecule has 0 saturated carbocycles. The number of hydrogen-bond acceptors (Lipinski definition) is 2. The van der Waals surface area contributed by atoms with Gasteiger partial charge in [0.05, 0.1) is 9.47 Å². The Morgan fingerprint density at radius 2 is 0.902 bits per heavy atom. The van der Waals surface area contributed by atoms with Crippen molar-refractivity contribution in [3.63, 3.8) is 0 Å². The molecule has 0 aliphatic heterocycles. The van der Waals surface area contributed by atoms with Crippen molar-refractivity contribution in [3.05, 3.63) is 58.7 Å². The average Bonchev–Trinajstić information content (AvgIpc) is 2.64. The zero-order valence-corrected chi connectivity index (χ0v) is 31.5. The first-order chi connectivity index (χ1) is 15.5. The van der Waals surface area contributed by atoms with Gasteiger partial charge in [-0.2, -0.15) is 0 Å². The number of hydrogen-bond donors (Lipinski definition) is 1. The van der Waals surface area contributed by atoms with Crippen molar-refractivity contribution in [1.82, 2.24) is 0 Å². The van der Waals surface area contributed by atoms with Crippen molar-refractivity contribution in [1.29, 1.82) is 0 Å². The lowest BCUT2D eigenvalue weighted by molar-refractivity contribution is 0.444. The topological polar surface area (TPSA) is 29.5 Å². The van der Waals surface area contributed by atoms with Gasteiger partial charge in [0.15, 0.2) is 5.98 Å². The molecule has 2 aromatic carbocycles. The van der Waals surface area contributed by atoms with Gasteiger partial charge in [0.1, 0.15) is 11.5 Å².